The molecular formula is C23H29NO4. The van der Waals surface area contributed by atoms with E-state index in [1.165, 1.54) is 5.56 Å². The number of nitrogens with one attached hydrogen (secondary N) is 1. The molecule has 0 atom stereocenters. The monoisotopic (exact) mass is 383 g/mol. The number of amides is 1. The van der Waals surface area contributed by atoms with Crippen molar-refractivity contribution in [1.82, 2.24) is 5.32 Å². The SMILES string of the molecule is CCOCCCNC(=O)c1ccc(COc2cccc3c2OC(C)(C)C3)cc1. The molecule has 2 aromatic carbocycles. The summed E-state index contributed by atoms with van der Waals surface area (Å²) in [7, 11) is 0. The maximum atomic E-state index is 12.2. The van der Waals surface area contributed by atoms with Gasteiger partial charge in [-0.05, 0) is 51.0 Å². The third-order valence-electron chi connectivity index (χ3n) is 4.62. The first-order valence-corrected chi connectivity index (χ1v) is 9.87. The highest BCUT2D eigenvalue weighted by atomic mass is 16.5. The highest BCUT2D eigenvalue weighted by Gasteiger charge is 2.32. The molecule has 0 fully saturated rings. The van der Waals surface area contributed by atoms with Crippen LogP contribution in [0, 0.1) is 0 Å². The van der Waals surface area contributed by atoms with E-state index in [0.717, 1.165) is 29.9 Å². The summed E-state index contributed by atoms with van der Waals surface area (Å²) in [4.78, 5) is 12.2. The Kier molecular flexibility index (Phi) is 6.57. The Morgan fingerprint density at radius 2 is 1.96 bits per heavy atom. The van der Waals surface area contributed by atoms with Crippen LogP contribution < -0.4 is 14.8 Å². The average Bonchev–Trinajstić information content (AvgIpc) is 3.01. The topological polar surface area (TPSA) is 56.8 Å². The summed E-state index contributed by atoms with van der Waals surface area (Å²) in [5.74, 6) is 1.54. The molecule has 2 aromatic rings. The van der Waals surface area contributed by atoms with E-state index >= 15 is 0 Å². The molecule has 1 N–H and O–H groups in total. The largest absolute Gasteiger partial charge is 0.485 e. The predicted molar refractivity (Wildman–Crippen MR) is 109 cm³/mol. The molecule has 1 aliphatic heterocycles. The molecule has 3 rings (SSSR count). The molecular weight excluding hydrogens is 354 g/mol. The summed E-state index contributed by atoms with van der Waals surface area (Å²) in [6.07, 6.45) is 1.69. The highest BCUT2D eigenvalue weighted by Crippen LogP contribution is 2.41. The molecule has 0 spiro atoms. The number of hydrogen-bond acceptors (Lipinski definition) is 4. The molecule has 1 heterocycles. The fraction of sp³-hybridized carbons (Fsp3) is 0.435. The van der Waals surface area contributed by atoms with Gasteiger partial charge in [-0.3, -0.25) is 4.79 Å². The quantitative estimate of drug-likeness (QED) is 0.662. The first-order chi connectivity index (χ1) is 13.5. The van der Waals surface area contributed by atoms with Crippen molar-refractivity contribution in [2.75, 3.05) is 19.8 Å². The molecule has 0 aromatic heterocycles. The molecule has 28 heavy (non-hydrogen) atoms. The van der Waals surface area contributed by atoms with Gasteiger partial charge in [0.15, 0.2) is 11.5 Å². The molecule has 0 aliphatic carbocycles. The van der Waals surface area contributed by atoms with Gasteiger partial charge in [0, 0.05) is 37.3 Å². The smallest absolute Gasteiger partial charge is 0.251 e. The maximum absolute atomic E-state index is 12.2. The van der Waals surface area contributed by atoms with E-state index in [1.54, 1.807) is 0 Å². The lowest BCUT2D eigenvalue weighted by atomic mass is 10.0. The zero-order valence-electron chi connectivity index (χ0n) is 16.9. The lowest BCUT2D eigenvalue weighted by Crippen LogP contribution is -2.25. The number of ether oxygens (including phenoxy) is 3. The second-order valence-electron chi connectivity index (χ2n) is 7.57. The Hall–Kier alpha value is -2.53. The van der Waals surface area contributed by atoms with Gasteiger partial charge in [0.2, 0.25) is 0 Å². The van der Waals surface area contributed by atoms with E-state index in [0.29, 0.717) is 31.9 Å². The summed E-state index contributed by atoms with van der Waals surface area (Å²) in [6.45, 7) is 8.53. The van der Waals surface area contributed by atoms with E-state index in [9.17, 15) is 4.79 Å². The molecule has 0 radical (unpaired) electrons. The molecule has 150 valence electrons. The van der Waals surface area contributed by atoms with Crippen LogP contribution in [-0.4, -0.2) is 31.3 Å². The maximum Gasteiger partial charge on any atom is 0.251 e. The fourth-order valence-electron chi connectivity index (χ4n) is 3.24. The van der Waals surface area contributed by atoms with Gasteiger partial charge in [0.25, 0.3) is 5.91 Å². The molecule has 0 saturated heterocycles. The summed E-state index contributed by atoms with van der Waals surface area (Å²) < 4.78 is 17.3. The summed E-state index contributed by atoms with van der Waals surface area (Å²) >= 11 is 0. The number of para-hydroxylation sites is 1. The second kappa shape index (κ2) is 9.11. The number of fused-ring (bicyclic) bond motifs is 1. The van der Waals surface area contributed by atoms with E-state index < -0.39 is 0 Å². The zero-order chi connectivity index (χ0) is 20.0. The van der Waals surface area contributed by atoms with E-state index in [1.807, 2.05) is 43.3 Å². The zero-order valence-corrected chi connectivity index (χ0v) is 16.9. The third kappa shape index (κ3) is 5.26. The number of hydrogen-bond donors (Lipinski definition) is 1. The molecule has 5 nitrogen and oxygen atoms in total. The first-order valence-electron chi connectivity index (χ1n) is 9.87. The second-order valence-corrected chi connectivity index (χ2v) is 7.57. The van der Waals surface area contributed by atoms with Crippen molar-refractivity contribution in [1.29, 1.82) is 0 Å². The Bertz CT molecular complexity index is 799. The number of carbonyl (C=O) groups is 1. The standard InChI is InChI=1S/C23H29NO4/c1-4-26-14-6-13-24-22(25)18-11-9-17(10-12-18)16-27-20-8-5-7-19-15-23(2,3)28-21(19)20/h5,7-12H,4,6,13-16H2,1-3H3,(H,24,25). The first kappa shape index (κ1) is 20.2. The van der Waals surface area contributed by atoms with Crippen LogP contribution in [-0.2, 0) is 17.8 Å². The molecule has 0 saturated carbocycles. The normalized spacial score (nSPS) is 14.2. The van der Waals surface area contributed by atoms with Crippen molar-refractivity contribution < 1.29 is 19.0 Å². The van der Waals surface area contributed by atoms with Gasteiger partial charge in [0.05, 0.1) is 0 Å². The van der Waals surface area contributed by atoms with Crippen molar-refractivity contribution in [3.05, 3.63) is 59.2 Å². The Labute approximate surface area is 167 Å². The summed E-state index contributed by atoms with van der Waals surface area (Å²) in [5.41, 5.74) is 2.63. The highest BCUT2D eigenvalue weighted by molar-refractivity contribution is 5.94. The summed E-state index contributed by atoms with van der Waals surface area (Å²) in [6, 6.07) is 13.5. The van der Waals surface area contributed by atoms with Crippen LogP contribution in [0.2, 0.25) is 0 Å². The minimum atomic E-state index is -0.195. The van der Waals surface area contributed by atoms with Crippen molar-refractivity contribution >= 4 is 5.91 Å². The Morgan fingerprint density at radius 1 is 1.18 bits per heavy atom. The van der Waals surface area contributed by atoms with Crippen molar-refractivity contribution in [2.24, 2.45) is 0 Å². The Morgan fingerprint density at radius 3 is 2.71 bits per heavy atom. The Balaban J connectivity index is 1.52. The van der Waals surface area contributed by atoms with Crippen LogP contribution in [0.15, 0.2) is 42.5 Å². The van der Waals surface area contributed by atoms with Gasteiger partial charge in [0.1, 0.15) is 12.2 Å². The van der Waals surface area contributed by atoms with Crippen LogP contribution >= 0.6 is 0 Å². The minimum Gasteiger partial charge on any atom is -0.485 e. The van der Waals surface area contributed by atoms with Gasteiger partial charge in [-0.2, -0.15) is 0 Å². The molecule has 1 amide bonds. The van der Waals surface area contributed by atoms with E-state index in [2.05, 4.69) is 25.2 Å². The van der Waals surface area contributed by atoms with Crippen LogP contribution in [0.5, 0.6) is 11.5 Å². The molecule has 0 unspecified atom stereocenters. The number of benzene rings is 2. The van der Waals surface area contributed by atoms with Crippen molar-refractivity contribution in [3.63, 3.8) is 0 Å². The van der Waals surface area contributed by atoms with Crippen LogP contribution in [0.1, 0.15) is 48.7 Å². The lowest BCUT2D eigenvalue weighted by molar-refractivity contribution is 0.0944. The lowest BCUT2D eigenvalue weighted by Gasteiger charge is -2.18. The van der Waals surface area contributed by atoms with Crippen molar-refractivity contribution in [3.8, 4) is 11.5 Å². The van der Waals surface area contributed by atoms with Gasteiger partial charge in [-0.25, -0.2) is 0 Å². The number of carbonyl (C=O) groups excluding carboxylic acids is 1. The van der Waals surface area contributed by atoms with Crippen LogP contribution in [0.4, 0.5) is 0 Å². The predicted octanol–water partition coefficient (Wildman–Crippen LogP) is 4.14. The fourth-order valence-corrected chi connectivity index (χ4v) is 3.24. The molecule has 5 heteroatoms. The van der Waals surface area contributed by atoms with Gasteiger partial charge in [-0.15, -0.1) is 0 Å². The van der Waals surface area contributed by atoms with Gasteiger partial charge >= 0.3 is 0 Å². The van der Waals surface area contributed by atoms with Crippen LogP contribution in [0.25, 0.3) is 0 Å². The van der Waals surface area contributed by atoms with Gasteiger partial charge in [-0.1, -0.05) is 24.3 Å². The van der Waals surface area contributed by atoms with Crippen molar-refractivity contribution in [2.45, 2.75) is 45.8 Å². The van der Waals surface area contributed by atoms with E-state index in [-0.39, 0.29) is 11.5 Å². The molecule has 0 bridgehead atoms. The van der Waals surface area contributed by atoms with Crippen LogP contribution in [0.3, 0.4) is 0 Å². The van der Waals surface area contributed by atoms with E-state index in [4.69, 9.17) is 14.2 Å². The average molecular weight is 383 g/mol. The third-order valence-corrected chi connectivity index (χ3v) is 4.62. The number of rotatable bonds is 9. The minimum absolute atomic E-state index is 0.0690. The van der Waals surface area contributed by atoms with Gasteiger partial charge < -0.3 is 19.5 Å². The summed E-state index contributed by atoms with van der Waals surface area (Å²) in [5, 5.41) is 2.90. The molecule has 1 aliphatic rings.